The van der Waals surface area contributed by atoms with E-state index in [0.717, 1.165) is 19.4 Å². The van der Waals surface area contributed by atoms with Crippen molar-refractivity contribution in [2.75, 3.05) is 27.2 Å². The number of hydrogen-bond acceptors (Lipinski definition) is 4. The van der Waals surface area contributed by atoms with Crippen LogP contribution < -0.4 is 5.32 Å². The van der Waals surface area contributed by atoms with Crippen LogP contribution in [-0.4, -0.2) is 50.1 Å². The number of methoxy groups -OCH3 is 1. The number of piperidine rings is 1. The van der Waals surface area contributed by atoms with Gasteiger partial charge in [0.25, 0.3) is 0 Å². The predicted octanol–water partition coefficient (Wildman–Crippen LogP) is 1.06. The molecule has 112 valence electrons. The molecule has 6 heteroatoms. The number of halogens is 1. The first-order valence-corrected chi connectivity index (χ1v) is 6.51. The van der Waals surface area contributed by atoms with Crippen LogP contribution in [0.5, 0.6) is 0 Å². The second-order valence-corrected chi connectivity index (χ2v) is 5.22. The van der Waals surface area contributed by atoms with Gasteiger partial charge in [-0.15, -0.1) is 12.4 Å². The fraction of sp³-hybridized carbons (Fsp3) is 0.846. The Morgan fingerprint density at radius 1 is 1.47 bits per heavy atom. The molecule has 0 saturated carbocycles. The summed E-state index contributed by atoms with van der Waals surface area (Å²) in [5.41, 5.74) is 0. The Morgan fingerprint density at radius 2 is 2.11 bits per heavy atom. The van der Waals surface area contributed by atoms with Crippen LogP contribution in [0.2, 0.25) is 0 Å². The van der Waals surface area contributed by atoms with E-state index in [-0.39, 0.29) is 36.1 Å². The Kier molecular flexibility index (Phi) is 8.02. The van der Waals surface area contributed by atoms with Crippen LogP contribution in [-0.2, 0) is 14.3 Å². The number of nitrogens with one attached hydrogen (secondary N) is 1. The first-order valence-electron chi connectivity index (χ1n) is 6.51. The van der Waals surface area contributed by atoms with Crippen molar-refractivity contribution in [3.05, 3.63) is 0 Å². The van der Waals surface area contributed by atoms with E-state index in [1.54, 1.807) is 18.9 Å². The van der Waals surface area contributed by atoms with Crippen molar-refractivity contribution in [2.45, 2.75) is 32.7 Å². The zero-order valence-electron chi connectivity index (χ0n) is 12.1. The number of carbonyl (C=O) groups is 2. The summed E-state index contributed by atoms with van der Waals surface area (Å²) in [5, 5.41) is 3.33. The zero-order chi connectivity index (χ0) is 13.7. The van der Waals surface area contributed by atoms with E-state index < -0.39 is 0 Å². The molecular weight excluding hydrogens is 268 g/mol. The van der Waals surface area contributed by atoms with E-state index in [0.29, 0.717) is 12.6 Å². The molecule has 19 heavy (non-hydrogen) atoms. The maximum Gasteiger partial charge on any atom is 0.310 e. The van der Waals surface area contributed by atoms with Crippen molar-refractivity contribution >= 4 is 24.3 Å². The second kappa shape index (κ2) is 8.38. The van der Waals surface area contributed by atoms with Crippen LogP contribution in [0.3, 0.4) is 0 Å². The van der Waals surface area contributed by atoms with Crippen LogP contribution >= 0.6 is 12.4 Å². The monoisotopic (exact) mass is 292 g/mol. The standard InChI is InChI=1S/C13H24N2O3.ClH/c1-9(13(17)18-4)8-15(3)12(16)11-5-6-14-10(2)7-11;/h9-11,14H,5-8H2,1-4H3;1H/t9?,10-,11-;/m0./s1. The first kappa shape index (κ1) is 18.2. The van der Waals surface area contributed by atoms with E-state index in [4.69, 9.17) is 0 Å². The van der Waals surface area contributed by atoms with Crippen LogP contribution in [0.1, 0.15) is 26.7 Å². The van der Waals surface area contributed by atoms with Crippen molar-refractivity contribution in [1.82, 2.24) is 10.2 Å². The molecule has 1 fully saturated rings. The summed E-state index contributed by atoms with van der Waals surface area (Å²) in [6.45, 7) is 5.18. The van der Waals surface area contributed by atoms with Crippen LogP contribution in [0, 0.1) is 11.8 Å². The summed E-state index contributed by atoms with van der Waals surface area (Å²) >= 11 is 0. The molecule has 1 N–H and O–H groups in total. The Morgan fingerprint density at radius 3 is 2.63 bits per heavy atom. The molecule has 0 aromatic heterocycles. The number of rotatable bonds is 4. The van der Waals surface area contributed by atoms with E-state index in [9.17, 15) is 9.59 Å². The lowest BCUT2D eigenvalue weighted by Crippen LogP contribution is -2.44. The fourth-order valence-electron chi connectivity index (χ4n) is 2.44. The van der Waals surface area contributed by atoms with Crippen molar-refractivity contribution in [2.24, 2.45) is 11.8 Å². The average Bonchev–Trinajstić information content (AvgIpc) is 2.36. The van der Waals surface area contributed by atoms with Gasteiger partial charge in [0.15, 0.2) is 0 Å². The van der Waals surface area contributed by atoms with Gasteiger partial charge in [-0.2, -0.15) is 0 Å². The number of ether oxygens (including phenoxy) is 1. The number of hydrogen-bond donors (Lipinski definition) is 1. The molecule has 0 aliphatic carbocycles. The lowest BCUT2D eigenvalue weighted by Gasteiger charge is -2.31. The van der Waals surface area contributed by atoms with E-state index in [2.05, 4.69) is 17.0 Å². The Labute approximate surface area is 121 Å². The molecule has 1 unspecified atom stereocenters. The highest BCUT2D eigenvalue weighted by Crippen LogP contribution is 2.18. The van der Waals surface area contributed by atoms with Crippen molar-refractivity contribution in [3.8, 4) is 0 Å². The quantitative estimate of drug-likeness (QED) is 0.787. The predicted molar refractivity (Wildman–Crippen MR) is 76.3 cm³/mol. The fourth-order valence-corrected chi connectivity index (χ4v) is 2.44. The van der Waals surface area contributed by atoms with Crippen molar-refractivity contribution in [1.29, 1.82) is 0 Å². The third-order valence-corrected chi connectivity index (χ3v) is 3.50. The first-order chi connectivity index (χ1) is 8.45. The van der Waals surface area contributed by atoms with Gasteiger partial charge in [0.05, 0.1) is 13.0 Å². The minimum atomic E-state index is -0.275. The minimum absolute atomic E-state index is 0. The van der Waals surface area contributed by atoms with Crippen LogP contribution in [0.15, 0.2) is 0 Å². The summed E-state index contributed by atoms with van der Waals surface area (Å²) in [6, 6.07) is 0.388. The topological polar surface area (TPSA) is 58.6 Å². The Hall–Kier alpha value is -0.810. The SMILES string of the molecule is COC(=O)C(C)CN(C)C(=O)[C@H]1CCN[C@@H](C)C1.Cl. The van der Waals surface area contributed by atoms with Gasteiger partial charge in [-0.25, -0.2) is 0 Å². The van der Waals surface area contributed by atoms with E-state index in [1.165, 1.54) is 7.11 Å². The summed E-state index contributed by atoms with van der Waals surface area (Å²) in [6.07, 6.45) is 1.75. The molecule has 1 amide bonds. The maximum absolute atomic E-state index is 12.2. The largest absolute Gasteiger partial charge is 0.469 e. The molecule has 0 aromatic carbocycles. The Balaban J connectivity index is 0.00000324. The van der Waals surface area contributed by atoms with Gasteiger partial charge in [-0.3, -0.25) is 9.59 Å². The van der Waals surface area contributed by atoms with Crippen LogP contribution in [0.4, 0.5) is 0 Å². The summed E-state index contributed by atoms with van der Waals surface area (Å²) < 4.78 is 4.67. The van der Waals surface area contributed by atoms with Gasteiger partial charge >= 0.3 is 5.97 Å². The van der Waals surface area contributed by atoms with E-state index >= 15 is 0 Å². The smallest absolute Gasteiger partial charge is 0.310 e. The van der Waals surface area contributed by atoms with Gasteiger partial charge in [0.2, 0.25) is 5.91 Å². The molecule has 0 aromatic rings. The highest BCUT2D eigenvalue weighted by Gasteiger charge is 2.28. The molecule has 1 aliphatic heterocycles. The average molecular weight is 293 g/mol. The zero-order valence-corrected chi connectivity index (χ0v) is 13.0. The minimum Gasteiger partial charge on any atom is -0.469 e. The highest BCUT2D eigenvalue weighted by molar-refractivity contribution is 5.85. The third-order valence-electron chi connectivity index (χ3n) is 3.50. The van der Waals surface area contributed by atoms with Gasteiger partial charge in [0, 0.05) is 25.6 Å². The molecule has 1 heterocycles. The molecule has 1 rings (SSSR count). The summed E-state index contributed by atoms with van der Waals surface area (Å²) in [5.74, 6) is -0.327. The van der Waals surface area contributed by atoms with Crippen LogP contribution in [0.25, 0.3) is 0 Å². The van der Waals surface area contributed by atoms with Crippen molar-refractivity contribution in [3.63, 3.8) is 0 Å². The molecule has 0 bridgehead atoms. The van der Waals surface area contributed by atoms with Gasteiger partial charge in [0.1, 0.15) is 0 Å². The number of nitrogens with zero attached hydrogens (tertiary/aromatic N) is 1. The molecule has 1 saturated heterocycles. The summed E-state index contributed by atoms with van der Waals surface area (Å²) in [7, 11) is 3.13. The third kappa shape index (κ3) is 5.37. The molecular formula is C13H25ClN2O3. The van der Waals surface area contributed by atoms with Gasteiger partial charge < -0.3 is 15.0 Å². The normalized spacial score (nSPS) is 24.0. The van der Waals surface area contributed by atoms with Crippen molar-refractivity contribution < 1.29 is 14.3 Å². The second-order valence-electron chi connectivity index (χ2n) is 5.22. The van der Waals surface area contributed by atoms with Gasteiger partial charge in [-0.1, -0.05) is 6.92 Å². The highest BCUT2D eigenvalue weighted by atomic mass is 35.5. The molecule has 0 radical (unpaired) electrons. The lowest BCUT2D eigenvalue weighted by atomic mass is 9.92. The maximum atomic E-state index is 12.2. The Bertz CT molecular complexity index is 312. The van der Waals surface area contributed by atoms with Gasteiger partial charge in [-0.05, 0) is 26.3 Å². The molecule has 0 spiro atoms. The molecule has 3 atom stereocenters. The van der Waals surface area contributed by atoms with E-state index in [1.807, 2.05) is 0 Å². The molecule has 5 nitrogen and oxygen atoms in total. The summed E-state index contributed by atoms with van der Waals surface area (Å²) in [4.78, 5) is 25.2. The lowest BCUT2D eigenvalue weighted by molar-refractivity contribution is -0.146. The molecule has 1 aliphatic rings. The number of carbonyl (C=O) groups excluding carboxylic acids is 2. The number of esters is 1. The number of amides is 1.